The number of aliphatic hydroxyl groups is 1. The second-order valence-corrected chi connectivity index (χ2v) is 22.6. The highest BCUT2D eigenvalue weighted by Crippen LogP contribution is 2.47. The fourth-order valence-corrected chi connectivity index (χ4v) is 13.5. The van der Waals surface area contributed by atoms with E-state index in [1.807, 2.05) is 11.0 Å². The van der Waals surface area contributed by atoms with Gasteiger partial charge in [-0.15, -0.1) is 11.3 Å². The number of carbonyl (C=O) groups excluding carboxylic acids is 3. The van der Waals surface area contributed by atoms with Crippen LogP contribution in [0.2, 0.25) is 5.02 Å². The number of nitriles is 2. The van der Waals surface area contributed by atoms with E-state index in [4.69, 9.17) is 36.5 Å². The molecule has 0 radical (unpaired) electrons. The minimum atomic E-state index is -2.03. The Morgan fingerprint density at radius 2 is 1.89 bits per heavy atom. The summed E-state index contributed by atoms with van der Waals surface area (Å²) in [5.74, 6) is -3.91. The van der Waals surface area contributed by atoms with Crippen molar-refractivity contribution < 1.29 is 51.3 Å². The standard InChI is InChI=1S/C57H48ClF4N11O8S/c1-4-57(78)36-17-42-46-29(21-73(42)52(75)35(36)24-79-53(57)76)14-28-15-41(39(61)18-40(28)66-46)67-55(77)81-27(3)26(2)51(74)72-13-12-70(23-31(72)8-10-63)50-33-16-37(58)44(32-6-7-38(60)48-43(32)34(20-64)49(65)82-48)45(62)47(33)68-54(69-50)80-25-56-9-5-11-71(56)22-30(59)19-56/h6-7,14-18,27,30-31,78H,2,4-5,8-9,11-13,19,21-25,65H2,1,3H3,(H,67,77). The van der Waals surface area contributed by atoms with Crippen LogP contribution in [0.5, 0.6) is 6.01 Å². The van der Waals surface area contributed by atoms with Crippen molar-refractivity contribution in [1.82, 2.24) is 29.3 Å². The number of carbonyl (C=O) groups is 3. The first-order chi connectivity index (χ1) is 39.3. The summed E-state index contributed by atoms with van der Waals surface area (Å²) in [6.07, 6.45) is -2.02. The zero-order valence-electron chi connectivity index (χ0n) is 43.9. The molecule has 82 heavy (non-hydrogen) atoms. The number of amides is 2. The number of halogens is 5. The Labute approximate surface area is 472 Å². The molecule has 5 aliphatic heterocycles. The number of piperazine rings is 1. The normalized spacial score (nSPS) is 21.4. The lowest BCUT2D eigenvalue weighted by Crippen LogP contribution is -2.56. The first-order valence-corrected chi connectivity index (χ1v) is 27.5. The number of benzene rings is 3. The molecule has 5 aliphatic rings. The van der Waals surface area contributed by atoms with Crippen LogP contribution in [0.25, 0.3) is 54.4 Å². The van der Waals surface area contributed by atoms with E-state index >= 15 is 13.2 Å². The van der Waals surface area contributed by atoms with Crippen LogP contribution in [-0.4, -0.2) is 116 Å². The molecule has 0 saturated carbocycles. The van der Waals surface area contributed by atoms with Gasteiger partial charge in [0.15, 0.2) is 11.4 Å². The number of anilines is 3. The zero-order valence-corrected chi connectivity index (χ0v) is 45.5. The highest BCUT2D eigenvalue weighted by Gasteiger charge is 2.50. The molecule has 5 atom stereocenters. The van der Waals surface area contributed by atoms with E-state index in [1.54, 1.807) is 17.9 Å². The number of alkyl halides is 1. The van der Waals surface area contributed by atoms with E-state index in [0.717, 1.165) is 29.9 Å². The van der Waals surface area contributed by atoms with Crippen LogP contribution in [0.3, 0.4) is 0 Å². The van der Waals surface area contributed by atoms with Gasteiger partial charge in [0.1, 0.15) is 59.5 Å². The van der Waals surface area contributed by atoms with Gasteiger partial charge in [-0.25, -0.2) is 32.1 Å². The molecule has 3 saturated heterocycles. The number of nitrogens with zero attached hydrogens (tertiary/aromatic N) is 9. The van der Waals surface area contributed by atoms with Crippen molar-refractivity contribution in [2.75, 3.05) is 55.3 Å². The van der Waals surface area contributed by atoms with Crippen molar-refractivity contribution in [3.63, 3.8) is 0 Å². The fraction of sp³-hybridized carbons (Fsp3) is 0.351. The lowest BCUT2D eigenvalue weighted by atomic mass is 9.86. The van der Waals surface area contributed by atoms with E-state index in [0.29, 0.717) is 35.3 Å². The summed E-state index contributed by atoms with van der Waals surface area (Å²) in [7, 11) is 0. The Morgan fingerprint density at radius 1 is 1.09 bits per heavy atom. The third kappa shape index (κ3) is 8.69. The number of rotatable bonds is 11. The number of thiophene rings is 1. The Bertz CT molecular complexity index is 4130. The Balaban J connectivity index is 0.785. The minimum Gasteiger partial charge on any atom is -0.461 e. The number of nitrogens with one attached hydrogen (secondary N) is 1. The van der Waals surface area contributed by atoms with E-state index in [1.165, 1.54) is 40.7 Å². The van der Waals surface area contributed by atoms with E-state index in [-0.39, 0.29) is 153 Å². The largest absolute Gasteiger partial charge is 0.461 e. The molecule has 0 spiro atoms. The van der Waals surface area contributed by atoms with Gasteiger partial charge in [-0.1, -0.05) is 31.2 Å². The molecular weight excluding hydrogens is 1110 g/mol. The van der Waals surface area contributed by atoms with Gasteiger partial charge in [0.2, 0.25) is 0 Å². The second-order valence-electron chi connectivity index (χ2n) is 21.2. The van der Waals surface area contributed by atoms with Crippen molar-refractivity contribution in [3.05, 3.63) is 110 Å². The van der Waals surface area contributed by atoms with Crippen molar-refractivity contribution in [2.24, 2.45) is 0 Å². The topological polar surface area (TPSA) is 255 Å². The summed E-state index contributed by atoms with van der Waals surface area (Å²) in [6.45, 7) is 7.57. The highest BCUT2D eigenvalue weighted by atomic mass is 35.5. The zero-order chi connectivity index (χ0) is 57.8. The summed E-state index contributed by atoms with van der Waals surface area (Å²) in [6, 6.07) is 12.5. The molecule has 3 fully saturated rings. The second kappa shape index (κ2) is 20.2. The molecule has 25 heteroatoms. The first-order valence-electron chi connectivity index (χ1n) is 26.3. The van der Waals surface area contributed by atoms with Crippen LogP contribution in [0, 0.1) is 40.1 Å². The van der Waals surface area contributed by atoms with Gasteiger partial charge in [-0.05, 0) is 68.6 Å². The number of nitrogens with two attached hydrogens (primary N) is 1. The van der Waals surface area contributed by atoms with Gasteiger partial charge >= 0.3 is 18.1 Å². The number of nitrogen functional groups attached to an aromatic ring is 1. The van der Waals surface area contributed by atoms with Gasteiger partial charge < -0.3 is 39.4 Å². The van der Waals surface area contributed by atoms with Crippen molar-refractivity contribution >= 4 is 89.3 Å². The fourth-order valence-electron chi connectivity index (χ4n) is 12.3. The van der Waals surface area contributed by atoms with Gasteiger partial charge in [-0.3, -0.25) is 19.8 Å². The molecule has 9 heterocycles. The number of aromatic nitrogens is 4. The number of hydrogen-bond acceptors (Lipinski definition) is 17. The molecule has 7 aromatic rings. The minimum absolute atomic E-state index is 0.00790. The van der Waals surface area contributed by atoms with Crippen LogP contribution >= 0.6 is 22.9 Å². The van der Waals surface area contributed by atoms with Crippen LogP contribution in [-0.2, 0) is 37.8 Å². The molecule has 420 valence electrons. The Morgan fingerprint density at radius 3 is 2.66 bits per heavy atom. The molecule has 0 bridgehead atoms. The number of fused-ring (bicyclic) bond motifs is 8. The van der Waals surface area contributed by atoms with E-state index in [2.05, 4.69) is 27.9 Å². The molecule has 4 N–H and O–H groups in total. The summed E-state index contributed by atoms with van der Waals surface area (Å²) in [4.78, 5) is 73.1. The summed E-state index contributed by atoms with van der Waals surface area (Å²) in [5.41, 5.74) is 3.81. The van der Waals surface area contributed by atoms with Gasteiger partial charge in [0.05, 0.1) is 79.6 Å². The maximum atomic E-state index is 17.5. The Kier molecular flexibility index (Phi) is 13.4. The Hall–Kier alpha value is -8.42. The molecular formula is C57H48ClF4N11O8S. The maximum absolute atomic E-state index is 17.5. The predicted molar refractivity (Wildman–Crippen MR) is 294 cm³/mol. The highest BCUT2D eigenvalue weighted by molar-refractivity contribution is 7.23. The monoisotopic (exact) mass is 1160 g/mol. The molecule has 4 aromatic heterocycles. The van der Waals surface area contributed by atoms with Crippen LogP contribution in [0.4, 0.5) is 38.9 Å². The third-order valence-corrected chi connectivity index (χ3v) is 17.9. The summed E-state index contributed by atoms with van der Waals surface area (Å²) in [5, 5.41) is 34.2. The first kappa shape index (κ1) is 54.2. The number of hydrogen-bond donors (Lipinski definition) is 3. The molecule has 3 aromatic carbocycles. The van der Waals surface area contributed by atoms with Crippen LogP contribution < -0.4 is 26.2 Å². The average Bonchev–Trinajstić information content (AvgIpc) is 4.11. The van der Waals surface area contributed by atoms with Gasteiger partial charge in [-0.2, -0.15) is 20.5 Å². The summed E-state index contributed by atoms with van der Waals surface area (Å²) >= 11 is 7.80. The van der Waals surface area contributed by atoms with E-state index in [9.17, 15) is 39.2 Å². The quantitative estimate of drug-likeness (QED) is 0.0623. The van der Waals surface area contributed by atoms with Crippen LogP contribution in [0.15, 0.2) is 59.4 Å². The predicted octanol–water partition coefficient (Wildman–Crippen LogP) is 8.51. The number of pyridine rings is 2. The molecule has 0 aliphatic carbocycles. The SMILES string of the molecule is C=C(C(=O)N1CCN(c2nc(OCC34CCCN3CC(F)C4)nc3c(F)c(-c4ccc(F)c5sc(N)c(C#N)c45)c(Cl)cc23)CC1CC#N)C(C)OC(=O)Nc1cc2cc3c(nc2cc1F)-c1cc2c(c(=O)n1C3)COC(=O)C2(O)CC. The van der Waals surface area contributed by atoms with Crippen molar-refractivity contribution in [2.45, 2.75) is 88.6 Å². The molecule has 2 amide bonds. The van der Waals surface area contributed by atoms with Crippen LogP contribution in [0.1, 0.15) is 68.2 Å². The van der Waals surface area contributed by atoms with E-state index < -0.39 is 70.4 Å². The van der Waals surface area contributed by atoms with Crippen molar-refractivity contribution in [1.29, 1.82) is 10.5 Å². The average molecular weight is 1160 g/mol. The summed E-state index contributed by atoms with van der Waals surface area (Å²) < 4.78 is 81.8. The lowest BCUT2D eigenvalue weighted by molar-refractivity contribution is -0.172. The molecule has 12 rings (SSSR count). The smallest absolute Gasteiger partial charge is 0.412 e. The van der Waals surface area contributed by atoms with Gasteiger partial charge in [0.25, 0.3) is 11.5 Å². The van der Waals surface area contributed by atoms with Gasteiger partial charge in [0, 0.05) is 71.5 Å². The number of ether oxygens (including phenoxy) is 3. The molecule has 5 unspecified atom stereocenters. The maximum Gasteiger partial charge on any atom is 0.412 e. The third-order valence-electron chi connectivity index (χ3n) is 16.5. The number of cyclic esters (lactones) is 1. The molecule has 19 nitrogen and oxygen atoms in total. The van der Waals surface area contributed by atoms with Crippen molar-refractivity contribution in [3.8, 4) is 40.7 Å². The lowest BCUT2D eigenvalue weighted by Gasteiger charge is -2.42. The number of esters is 1.